The summed E-state index contributed by atoms with van der Waals surface area (Å²) in [5.74, 6) is 0.450. The minimum atomic E-state index is -0.419. The van der Waals surface area contributed by atoms with E-state index >= 15 is 0 Å². The van der Waals surface area contributed by atoms with Gasteiger partial charge < -0.3 is 10.5 Å². The van der Waals surface area contributed by atoms with Crippen molar-refractivity contribution >= 4 is 23.2 Å². The van der Waals surface area contributed by atoms with Crippen molar-refractivity contribution in [2.75, 3.05) is 0 Å². The highest BCUT2D eigenvalue weighted by molar-refractivity contribution is 6.32. The highest BCUT2D eigenvalue weighted by Crippen LogP contribution is 2.33. The topological polar surface area (TPSA) is 35.2 Å². The second-order valence-electron chi connectivity index (χ2n) is 3.63. The predicted octanol–water partition coefficient (Wildman–Crippen LogP) is 4.38. The Kier molecular flexibility index (Phi) is 4.07. The number of nitrogens with two attached hydrogens (primary N) is 1. The zero-order valence-electron chi connectivity index (χ0n) is 9.29. The third-order valence-electron chi connectivity index (χ3n) is 2.36. The Labute approximate surface area is 114 Å². The van der Waals surface area contributed by atoms with Gasteiger partial charge in [0.1, 0.15) is 17.3 Å². The van der Waals surface area contributed by atoms with Gasteiger partial charge in [-0.1, -0.05) is 29.3 Å². The molecule has 0 atom stereocenters. The molecule has 0 heterocycles. The van der Waals surface area contributed by atoms with Crippen molar-refractivity contribution in [3.63, 3.8) is 0 Å². The average molecular weight is 286 g/mol. The second kappa shape index (κ2) is 5.57. The van der Waals surface area contributed by atoms with Crippen LogP contribution in [0.5, 0.6) is 11.5 Å². The van der Waals surface area contributed by atoms with Gasteiger partial charge in [-0.25, -0.2) is 4.39 Å². The standard InChI is InChI=1S/C13H10Cl2FNO/c14-9-2-1-8(7-17)13(5-9)18-12-4-3-10(16)6-11(12)15/h1-6H,7,17H2. The zero-order valence-corrected chi connectivity index (χ0v) is 10.8. The normalized spacial score (nSPS) is 10.4. The monoisotopic (exact) mass is 285 g/mol. The molecule has 0 amide bonds. The number of hydrogen-bond donors (Lipinski definition) is 1. The molecule has 0 aromatic heterocycles. The van der Waals surface area contributed by atoms with Gasteiger partial charge in [0.2, 0.25) is 0 Å². The minimum absolute atomic E-state index is 0.193. The van der Waals surface area contributed by atoms with Crippen LogP contribution in [0.2, 0.25) is 10.0 Å². The predicted molar refractivity (Wildman–Crippen MR) is 70.8 cm³/mol. The molecule has 5 heteroatoms. The fourth-order valence-corrected chi connectivity index (χ4v) is 1.84. The van der Waals surface area contributed by atoms with Crippen LogP contribution in [0.4, 0.5) is 4.39 Å². The lowest BCUT2D eigenvalue weighted by molar-refractivity contribution is 0.475. The molecule has 0 bridgehead atoms. The van der Waals surface area contributed by atoms with Gasteiger partial charge in [-0.2, -0.15) is 0 Å². The van der Waals surface area contributed by atoms with Crippen molar-refractivity contribution in [1.82, 2.24) is 0 Å². The molecule has 2 aromatic rings. The van der Waals surface area contributed by atoms with Crippen LogP contribution in [-0.2, 0) is 6.54 Å². The maximum absolute atomic E-state index is 12.9. The van der Waals surface area contributed by atoms with Crippen LogP contribution >= 0.6 is 23.2 Å². The molecule has 0 aliphatic rings. The van der Waals surface area contributed by atoms with E-state index in [-0.39, 0.29) is 5.02 Å². The van der Waals surface area contributed by atoms with Crippen molar-refractivity contribution in [1.29, 1.82) is 0 Å². The van der Waals surface area contributed by atoms with Crippen LogP contribution in [0.25, 0.3) is 0 Å². The van der Waals surface area contributed by atoms with Crippen LogP contribution in [0.1, 0.15) is 5.56 Å². The molecule has 2 N–H and O–H groups in total. The molecule has 0 fully saturated rings. The Morgan fingerprint density at radius 1 is 1.06 bits per heavy atom. The fraction of sp³-hybridized carbons (Fsp3) is 0.0769. The first kappa shape index (κ1) is 13.1. The number of rotatable bonds is 3. The summed E-state index contributed by atoms with van der Waals surface area (Å²) < 4.78 is 18.5. The summed E-state index contributed by atoms with van der Waals surface area (Å²) in [7, 11) is 0. The smallest absolute Gasteiger partial charge is 0.146 e. The molecular formula is C13H10Cl2FNO. The summed E-state index contributed by atoms with van der Waals surface area (Å²) in [5, 5.41) is 0.721. The van der Waals surface area contributed by atoms with Gasteiger partial charge in [0, 0.05) is 17.1 Å². The third kappa shape index (κ3) is 2.93. The van der Waals surface area contributed by atoms with E-state index in [0.717, 1.165) is 5.56 Å². The van der Waals surface area contributed by atoms with E-state index in [9.17, 15) is 4.39 Å². The maximum atomic E-state index is 12.9. The van der Waals surface area contributed by atoms with Crippen LogP contribution in [0, 0.1) is 5.82 Å². The summed E-state index contributed by atoms with van der Waals surface area (Å²) in [6.07, 6.45) is 0. The van der Waals surface area contributed by atoms with Crippen molar-refractivity contribution in [3.8, 4) is 11.5 Å². The molecule has 2 rings (SSSR count). The van der Waals surface area contributed by atoms with Crippen LogP contribution in [-0.4, -0.2) is 0 Å². The van der Waals surface area contributed by atoms with E-state index in [4.69, 9.17) is 33.7 Å². The number of benzene rings is 2. The molecule has 0 saturated heterocycles. The fourth-order valence-electron chi connectivity index (χ4n) is 1.47. The second-order valence-corrected chi connectivity index (χ2v) is 4.48. The lowest BCUT2D eigenvalue weighted by atomic mass is 10.2. The Morgan fingerprint density at radius 3 is 2.50 bits per heavy atom. The SMILES string of the molecule is NCc1ccc(Cl)cc1Oc1ccc(F)cc1Cl. The first-order chi connectivity index (χ1) is 8.60. The largest absolute Gasteiger partial charge is 0.455 e. The van der Waals surface area contributed by atoms with E-state index in [0.29, 0.717) is 23.1 Å². The van der Waals surface area contributed by atoms with Gasteiger partial charge >= 0.3 is 0 Å². The van der Waals surface area contributed by atoms with Gasteiger partial charge in [-0.05, 0) is 30.3 Å². The zero-order chi connectivity index (χ0) is 13.1. The summed E-state index contributed by atoms with van der Waals surface area (Å²) in [6.45, 7) is 0.311. The first-order valence-corrected chi connectivity index (χ1v) is 5.97. The number of halogens is 3. The van der Waals surface area contributed by atoms with Crippen LogP contribution < -0.4 is 10.5 Å². The molecule has 0 aliphatic carbocycles. The Hall–Kier alpha value is -1.29. The molecule has 0 radical (unpaired) electrons. The Morgan fingerprint density at radius 2 is 1.83 bits per heavy atom. The quantitative estimate of drug-likeness (QED) is 0.908. The molecule has 18 heavy (non-hydrogen) atoms. The summed E-state index contributed by atoms with van der Waals surface area (Å²) in [5.41, 5.74) is 6.39. The van der Waals surface area contributed by atoms with E-state index < -0.39 is 5.82 Å². The molecule has 2 aromatic carbocycles. The molecule has 0 aliphatic heterocycles. The van der Waals surface area contributed by atoms with E-state index in [1.165, 1.54) is 18.2 Å². The van der Waals surface area contributed by atoms with Gasteiger partial charge in [-0.3, -0.25) is 0 Å². The first-order valence-electron chi connectivity index (χ1n) is 5.21. The van der Waals surface area contributed by atoms with Gasteiger partial charge in [0.15, 0.2) is 0 Å². The lowest BCUT2D eigenvalue weighted by Crippen LogP contribution is -1.99. The Balaban J connectivity index is 2.36. The van der Waals surface area contributed by atoms with Gasteiger partial charge in [0.25, 0.3) is 0 Å². The minimum Gasteiger partial charge on any atom is -0.455 e. The molecule has 94 valence electrons. The Bertz CT molecular complexity index is 575. The summed E-state index contributed by atoms with van der Waals surface area (Å²) in [6, 6.07) is 9.05. The average Bonchev–Trinajstić information content (AvgIpc) is 2.33. The maximum Gasteiger partial charge on any atom is 0.146 e. The van der Waals surface area contributed by atoms with E-state index in [1.54, 1.807) is 18.2 Å². The third-order valence-corrected chi connectivity index (χ3v) is 2.89. The van der Waals surface area contributed by atoms with Crippen molar-refractivity contribution in [2.24, 2.45) is 5.73 Å². The molecule has 0 spiro atoms. The van der Waals surface area contributed by atoms with Gasteiger partial charge in [0.05, 0.1) is 5.02 Å². The number of ether oxygens (including phenoxy) is 1. The van der Waals surface area contributed by atoms with Crippen LogP contribution in [0.15, 0.2) is 36.4 Å². The van der Waals surface area contributed by atoms with Crippen molar-refractivity contribution in [3.05, 3.63) is 57.8 Å². The van der Waals surface area contributed by atoms with Crippen molar-refractivity contribution < 1.29 is 9.13 Å². The van der Waals surface area contributed by atoms with E-state index in [1.807, 2.05) is 0 Å². The number of hydrogen-bond acceptors (Lipinski definition) is 2. The molecule has 0 saturated carbocycles. The van der Waals surface area contributed by atoms with Gasteiger partial charge in [-0.15, -0.1) is 0 Å². The van der Waals surface area contributed by atoms with Crippen LogP contribution in [0.3, 0.4) is 0 Å². The summed E-state index contributed by atoms with van der Waals surface area (Å²) >= 11 is 11.8. The van der Waals surface area contributed by atoms with Crippen molar-refractivity contribution in [2.45, 2.75) is 6.54 Å². The highest BCUT2D eigenvalue weighted by Gasteiger charge is 2.08. The lowest BCUT2D eigenvalue weighted by Gasteiger charge is -2.11. The molecule has 2 nitrogen and oxygen atoms in total. The highest BCUT2D eigenvalue weighted by atomic mass is 35.5. The van der Waals surface area contributed by atoms with E-state index in [2.05, 4.69) is 0 Å². The molecular weight excluding hydrogens is 276 g/mol. The molecule has 0 unspecified atom stereocenters. The summed E-state index contributed by atoms with van der Waals surface area (Å²) in [4.78, 5) is 0.